The largest absolute Gasteiger partial charge is 0.472 e. The van der Waals surface area contributed by atoms with Crippen molar-refractivity contribution in [2.75, 3.05) is 31.7 Å². The van der Waals surface area contributed by atoms with Crippen molar-refractivity contribution in [1.82, 2.24) is 5.32 Å². The Balaban J connectivity index is 4.10. The van der Waals surface area contributed by atoms with Crippen molar-refractivity contribution in [2.45, 2.75) is 168 Å². The molecule has 0 aromatic carbocycles. The van der Waals surface area contributed by atoms with Crippen LogP contribution in [0.1, 0.15) is 162 Å². The Morgan fingerprint density at radius 1 is 0.683 bits per heavy atom. The summed E-state index contributed by atoms with van der Waals surface area (Å²) in [4.78, 5) is 22.2. The van der Waals surface area contributed by atoms with E-state index in [9.17, 15) is 14.3 Å². The molecule has 41 heavy (non-hydrogen) atoms. The first-order valence-corrected chi connectivity index (χ1v) is 19.6. The molecule has 246 valence electrons. The number of rotatable bonds is 33. The molecule has 0 aliphatic carbocycles. The molecule has 2 unspecified atom stereocenters. The van der Waals surface area contributed by atoms with Crippen molar-refractivity contribution in [1.29, 1.82) is 0 Å². The number of hydrogen-bond acceptors (Lipinski definition) is 5. The second-order valence-corrected chi connectivity index (χ2v) is 13.7. The Morgan fingerprint density at radius 2 is 1.12 bits per heavy atom. The summed E-state index contributed by atoms with van der Waals surface area (Å²) in [7, 11) is -4.14. The van der Waals surface area contributed by atoms with Crippen molar-refractivity contribution in [3.05, 3.63) is 0 Å². The smallest absolute Gasteiger partial charge is 0.374 e. The maximum absolute atomic E-state index is 12.4. The van der Waals surface area contributed by atoms with Crippen LogP contribution in [-0.4, -0.2) is 48.6 Å². The van der Waals surface area contributed by atoms with Crippen LogP contribution in [0.4, 0.5) is 0 Å². The van der Waals surface area contributed by atoms with E-state index in [0.717, 1.165) is 25.7 Å². The molecule has 0 rings (SSSR count). The van der Waals surface area contributed by atoms with E-state index in [2.05, 4.69) is 35.1 Å². The van der Waals surface area contributed by atoms with Gasteiger partial charge in [-0.25, -0.2) is 4.57 Å². The molecule has 0 saturated heterocycles. The summed E-state index contributed by atoms with van der Waals surface area (Å²) < 4.78 is 28.1. The molecule has 0 aliphatic heterocycles. The van der Waals surface area contributed by atoms with Gasteiger partial charge in [0.25, 0.3) is 0 Å². The molecule has 0 aliphatic rings. The highest BCUT2D eigenvalue weighted by atomic mass is 79.9. The molecule has 2 atom stereocenters. The fraction of sp³-hybridized carbons (Fsp3) is 0.969. The fourth-order valence-corrected chi connectivity index (χ4v) is 5.98. The highest BCUT2D eigenvalue weighted by Gasteiger charge is 2.23. The van der Waals surface area contributed by atoms with Gasteiger partial charge < -0.3 is 14.9 Å². The predicted molar refractivity (Wildman–Crippen MR) is 176 cm³/mol. The van der Waals surface area contributed by atoms with Crippen molar-refractivity contribution in [3.8, 4) is 0 Å². The highest BCUT2D eigenvalue weighted by Crippen LogP contribution is 2.43. The van der Waals surface area contributed by atoms with Crippen LogP contribution in [0.3, 0.4) is 0 Å². The Hall–Kier alpha value is 0.0200. The first-order chi connectivity index (χ1) is 19.9. The average Bonchev–Trinajstić information content (AvgIpc) is 2.96. The first kappa shape index (κ1) is 41.0. The van der Waals surface area contributed by atoms with Gasteiger partial charge in [0.05, 0.1) is 19.3 Å². The zero-order valence-electron chi connectivity index (χ0n) is 26.7. The minimum atomic E-state index is -4.14. The van der Waals surface area contributed by atoms with E-state index in [0.29, 0.717) is 18.4 Å². The fourth-order valence-electron chi connectivity index (χ4n) is 4.81. The molecule has 1 amide bonds. The van der Waals surface area contributed by atoms with E-state index in [-0.39, 0.29) is 25.7 Å². The van der Waals surface area contributed by atoms with Gasteiger partial charge in [0, 0.05) is 24.9 Å². The maximum Gasteiger partial charge on any atom is 0.472 e. The number of unbranched alkanes of at least 4 members (excludes halogenated alkanes) is 20. The first-order valence-electron chi connectivity index (χ1n) is 17.0. The quantitative estimate of drug-likeness (QED) is 0.0410. The van der Waals surface area contributed by atoms with E-state index >= 15 is 0 Å². The van der Waals surface area contributed by atoms with Gasteiger partial charge in [-0.1, -0.05) is 158 Å². The van der Waals surface area contributed by atoms with Crippen LogP contribution in [0.25, 0.3) is 0 Å². The zero-order chi connectivity index (χ0) is 30.3. The number of phosphoric ester groups is 1. The van der Waals surface area contributed by atoms with Crippen molar-refractivity contribution in [3.63, 3.8) is 0 Å². The van der Waals surface area contributed by atoms with Gasteiger partial charge in [-0.15, -0.1) is 0 Å². The number of hydrogen-bond donors (Lipinski definition) is 2. The number of amides is 1. The molecule has 0 spiro atoms. The van der Waals surface area contributed by atoms with E-state index in [1.54, 1.807) is 0 Å². The summed E-state index contributed by atoms with van der Waals surface area (Å²) in [5, 5.41) is 3.37. The molecule has 0 bridgehead atoms. The van der Waals surface area contributed by atoms with Crippen LogP contribution in [0.15, 0.2) is 0 Å². The summed E-state index contributed by atoms with van der Waals surface area (Å²) in [5.41, 5.74) is 0. The van der Waals surface area contributed by atoms with E-state index in [1.807, 2.05) is 0 Å². The molecule has 2 N–H and O–H groups in total. The lowest BCUT2D eigenvalue weighted by Crippen LogP contribution is -2.36. The van der Waals surface area contributed by atoms with Crippen LogP contribution in [0, 0.1) is 0 Å². The molecule has 9 heteroatoms. The third kappa shape index (κ3) is 31.3. The summed E-state index contributed by atoms with van der Waals surface area (Å²) in [6.45, 7) is 5.27. The maximum atomic E-state index is 12.4. The standard InChI is InChI=1S/C32H65BrNO6P/c1-3-5-7-9-11-13-15-17-19-21-23-25-32(35)34-29-31(30-40-41(36,37)39-28-26-33)38-27-24-22-20-18-16-14-12-10-8-6-4-2/h31H,3-30H2,1-2H3,(H,34,35)(H,36,37). The number of carbonyl (C=O) groups is 1. The third-order valence-corrected chi connectivity index (χ3v) is 8.70. The average molecular weight is 671 g/mol. The summed E-state index contributed by atoms with van der Waals surface area (Å²) in [6.07, 6.45) is 27.6. The lowest BCUT2D eigenvalue weighted by molar-refractivity contribution is -0.122. The molecule has 0 fully saturated rings. The minimum Gasteiger partial charge on any atom is -0.374 e. The number of phosphoric acid groups is 1. The second kappa shape index (κ2) is 31.4. The SMILES string of the molecule is CCCCCCCCCCCCCOC(CNC(=O)CCCCCCCCCCCCC)COP(=O)(O)OCCBr. The van der Waals surface area contributed by atoms with Crippen LogP contribution < -0.4 is 5.32 Å². The van der Waals surface area contributed by atoms with E-state index in [4.69, 9.17) is 13.8 Å². The van der Waals surface area contributed by atoms with Gasteiger partial charge in [-0.3, -0.25) is 13.8 Å². The van der Waals surface area contributed by atoms with Gasteiger partial charge in [-0.2, -0.15) is 0 Å². The summed E-state index contributed by atoms with van der Waals surface area (Å²) >= 11 is 3.17. The molecular formula is C32H65BrNO6P. The second-order valence-electron chi connectivity index (χ2n) is 11.4. The Labute approximate surface area is 261 Å². The Bertz CT molecular complexity index is 613. The topological polar surface area (TPSA) is 94.1 Å². The molecule has 7 nitrogen and oxygen atoms in total. The monoisotopic (exact) mass is 669 g/mol. The van der Waals surface area contributed by atoms with E-state index < -0.39 is 13.9 Å². The Morgan fingerprint density at radius 3 is 1.59 bits per heavy atom. The Kier molecular flexibility index (Phi) is 31.5. The van der Waals surface area contributed by atoms with Gasteiger partial charge in [-0.05, 0) is 12.8 Å². The van der Waals surface area contributed by atoms with Crippen molar-refractivity contribution >= 4 is 29.7 Å². The van der Waals surface area contributed by atoms with Crippen molar-refractivity contribution < 1.29 is 28.0 Å². The number of alkyl halides is 1. The molecule has 0 heterocycles. The number of carbonyl (C=O) groups excluding carboxylic acids is 1. The number of ether oxygens (including phenoxy) is 1. The molecule has 0 aromatic heterocycles. The van der Waals surface area contributed by atoms with Crippen LogP contribution >= 0.6 is 23.8 Å². The number of nitrogens with one attached hydrogen (secondary N) is 1. The molecule has 0 radical (unpaired) electrons. The highest BCUT2D eigenvalue weighted by molar-refractivity contribution is 9.09. The number of halogens is 1. The normalized spacial score (nSPS) is 13.8. The minimum absolute atomic E-state index is 0.00746. The third-order valence-electron chi connectivity index (χ3n) is 7.39. The van der Waals surface area contributed by atoms with Gasteiger partial charge in [0.2, 0.25) is 5.91 Å². The lowest BCUT2D eigenvalue weighted by atomic mass is 10.1. The van der Waals surface area contributed by atoms with Gasteiger partial charge >= 0.3 is 7.82 Å². The molecule has 0 aromatic rings. The van der Waals surface area contributed by atoms with Crippen LogP contribution in [0.2, 0.25) is 0 Å². The summed E-state index contributed by atoms with van der Waals surface area (Å²) in [6, 6.07) is 0. The van der Waals surface area contributed by atoms with E-state index in [1.165, 1.54) is 116 Å². The molecule has 0 saturated carbocycles. The summed E-state index contributed by atoms with van der Waals surface area (Å²) in [5.74, 6) is -0.00746. The van der Waals surface area contributed by atoms with Crippen LogP contribution in [-0.2, 0) is 23.1 Å². The van der Waals surface area contributed by atoms with Crippen molar-refractivity contribution in [2.24, 2.45) is 0 Å². The lowest BCUT2D eigenvalue weighted by Gasteiger charge is -2.20. The molecular weight excluding hydrogens is 605 g/mol. The van der Waals surface area contributed by atoms with Gasteiger partial charge in [0.15, 0.2) is 0 Å². The van der Waals surface area contributed by atoms with Gasteiger partial charge in [0.1, 0.15) is 0 Å². The zero-order valence-corrected chi connectivity index (χ0v) is 29.2. The predicted octanol–water partition coefficient (Wildman–Crippen LogP) is 10.0. The van der Waals surface area contributed by atoms with Crippen LogP contribution in [0.5, 0.6) is 0 Å².